The SMILES string of the molecule is CCN(C)c1nc(-c2ccccc2)nc2c1CN(C(=O)Nc1ccccc1C(F)(F)F)CC2. The van der Waals surface area contributed by atoms with Crippen LogP contribution < -0.4 is 10.2 Å². The van der Waals surface area contributed by atoms with Gasteiger partial charge in [-0.2, -0.15) is 13.2 Å². The van der Waals surface area contributed by atoms with Crippen LogP contribution in [0.3, 0.4) is 0 Å². The first kappa shape index (κ1) is 22.6. The molecule has 0 radical (unpaired) electrons. The van der Waals surface area contributed by atoms with Crippen LogP contribution in [-0.2, 0) is 19.1 Å². The molecule has 2 heterocycles. The lowest BCUT2D eigenvalue weighted by Gasteiger charge is -2.32. The van der Waals surface area contributed by atoms with Crippen molar-refractivity contribution in [3.05, 3.63) is 71.4 Å². The van der Waals surface area contributed by atoms with Crippen LogP contribution in [0, 0.1) is 0 Å². The number of anilines is 2. The molecule has 9 heteroatoms. The maximum absolute atomic E-state index is 13.3. The van der Waals surface area contributed by atoms with Crippen LogP contribution in [0.15, 0.2) is 54.6 Å². The van der Waals surface area contributed by atoms with Crippen molar-refractivity contribution in [3.63, 3.8) is 0 Å². The summed E-state index contributed by atoms with van der Waals surface area (Å²) in [5, 5.41) is 2.43. The number of aromatic nitrogens is 2. The van der Waals surface area contributed by atoms with Crippen LogP contribution in [0.4, 0.5) is 29.5 Å². The van der Waals surface area contributed by atoms with Crippen LogP contribution >= 0.6 is 0 Å². The van der Waals surface area contributed by atoms with Crippen molar-refractivity contribution in [2.24, 2.45) is 0 Å². The Bertz CT molecular complexity index is 1150. The van der Waals surface area contributed by atoms with E-state index in [1.54, 1.807) is 0 Å². The first-order valence-electron chi connectivity index (χ1n) is 10.7. The van der Waals surface area contributed by atoms with Gasteiger partial charge < -0.3 is 15.1 Å². The fraction of sp³-hybridized carbons (Fsp3) is 0.292. The molecule has 1 N–H and O–H groups in total. The highest BCUT2D eigenvalue weighted by Gasteiger charge is 2.34. The lowest BCUT2D eigenvalue weighted by Crippen LogP contribution is -2.40. The largest absolute Gasteiger partial charge is 0.418 e. The topological polar surface area (TPSA) is 61.4 Å². The highest BCUT2D eigenvalue weighted by molar-refractivity contribution is 5.90. The van der Waals surface area contributed by atoms with Gasteiger partial charge in [0.2, 0.25) is 0 Å². The van der Waals surface area contributed by atoms with Gasteiger partial charge in [-0.25, -0.2) is 14.8 Å². The molecule has 0 saturated carbocycles. The van der Waals surface area contributed by atoms with Crippen molar-refractivity contribution in [1.29, 1.82) is 0 Å². The lowest BCUT2D eigenvalue weighted by atomic mass is 10.0. The molecule has 33 heavy (non-hydrogen) atoms. The summed E-state index contributed by atoms with van der Waals surface area (Å²) < 4.78 is 39.9. The summed E-state index contributed by atoms with van der Waals surface area (Å²) in [6.07, 6.45) is -4.08. The number of rotatable bonds is 4. The Hall–Kier alpha value is -3.62. The van der Waals surface area contributed by atoms with Crippen LogP contribution in [-0.4, -0.2) is 41.0 Å². The van der Waals surface area contributed by atoms with Crippen LogP contribution in [0.1, 0.15) is 23.7 Å². The Labute approximate surface area is 190 Å². The Morgan fingerprint density at radius 2 is 1.79 bits per heavy atom. The third-order valence-electron chi connectivity index (χ3n) is 5.67. The summed E-state index contributed by atoms with van der Waals surface area (Å²) in [6.45, 7) is 3.25. The summed E-state index contributed by atoms with van der Waals surface area (Å²) in [6, 6.07) is 14.0. The second-order valence-corrected chi connectivity index (χ2v) is 7.82. The van der Waals surface area contributed by atoms with Gasteiger partial charge in [0, 0.05) is 37.7 Å². The van der Waals surface area contributed by atoms with E-state index in [9.17, 15) is 18.0 Å². The number of fused-ring (bicyclic) bond motifs is 1. The maximum atomic E-state index is 13.3. The minimum Gasteiger partial charge on any atom is -0.360 e. The number of para-hydroxylation sites is 1. The fourth-order valence-corrected chi connectivity index (χ4v) is 3.79. The van der Waals surface area contributed by atoms with E-state index in [-0.39, 0.29) is 12.2 Å². The van der Waals surface area contributed by atoms with Gasteiger partial charge in [0.1, 0.15) is 5.82 Å². The normalized spacial score (nSPS) is 13.4. The summed E-state index contributed by atoms with van der Waals surface area (Å²) in [5.74, 6) is 1.33. The quantitative estimate of drug-likeness (QED) is 0.587. The van der Waals surface area contributed by atoms with E-state index in [2.05, 4.69) is 5.32 Å². The van der Waals surface area contributed by atoms with E-state index in [1.165, 1.54) is 23.1 Å². The molecule has 1 aliphatic heterocycles. The average Bonchev–Trinajstić information content (AvgIpc) is 2.82. The number of nitrogens with one attached hydrogen (secondary N) is 1. The van der Waals surface area contributed by atoms with E-state index in [0.29, 0.717) is 25.3 Å². The Morgan fingerprint density at radius 1 is 1.09 bits per heavy atom. The van der Waals surface area contributed by atoms with Crippen molar-refractivity contribution in [2.45, 2.75) is 26.1 Å². The molecule has 4 rings (SSSR count). The predicted molar refractivity (Wildman–Crippen MR) is 121 cm³/mol. The van der Waals surface area contributed by atoms with Gasteiger partial charge in [0.05, 0.1) is 23.5 Å². The zero-order chi connectivity index (χ0) is 23.6. The van der Waals surface area contributed by atoms with Gasteiger partial charge >= 0.3 is 12.2 Å². The smallest absolute Gasteiger partial charge is 0.360 e. The number of nitrogens with zero attached hydrogens (tertiary/aromatic N) is 4. The number of benzene rings is 2. The number of urea groups is 1. The zero-order valence-electron chi connectivity index (χ0n) is 18.4. The van der Waals surface area contributed by atoms with Gasteiger partial charge in [0.15, 0.2) is 5.82 Å². The number of halogens is 3. The van der Waals surface area contributed by atoms with E-state index in [1.807, 2.05) is 49.2 Å². The van der Waals surface area contributed by atoms with E-state index >= 15 is 0 Å². The number of alkyl halides is 3. The molecule has 0 spiro atoms. The minimum absolute atomic E-state index is 0.212. The summed E-state index contributed by atoms with van der Waals surface area (Å²) >= 11 is 0. The maximum Gasteiger partial charge on any atom is 0.418 e. The van der Waals surface area contributed by atoms with Gasteiger partial charge in [-0.05, 0) is 19.1 Å². The second-order valence-electron chi connectivity index (χ2n) is 7.82. The number of carbonyl (C=O) groups excluding carboxylic acids is 1. The van der Waals surface area contributed by atoms with Crippen LogP contribution in [0.5, 0.6) is 0 Å². The third kappa shape index (κ3) is 4.76. The predicted octanol–water partition coefficient (Wildman–Crippen LogP) is 5.21. The number of amides is 2. The first-order chi connectivity index (χ1) is 15.8. The minimum atomic E-state index is -4.56. The van der Waals surface area contributed by atoms with Gasteiger partial charge in [-0.3, -0.25) is 0 Å². The van der Waals surface area contributed by atoms with Crippen molar-refractivity contribution in [1.82, 2.24) is 14.9 Å². The van der Waals surface area contributed by atoms with Crippen LogP contribution in [0.2, 0.25) is 0 Å². The Balaban J connectivity index is 1.63. The number of hydrogen-bond acceptors (Lipinski definition) is 4. The Kier molecular flexibility index (Phi) is 6.22. The molecular formula is C24H24F3N5O. The molecule has 3 aromatic rings. The third-order valence-corrected chi connectivity index (χ3v) is 5.67. The van der Waals surface area contributed by atoms with Gasteiger partial charge in [-0.1, -0.05) is 42.5 Å². The number of carbonyl (C=O) groups is 1. The van der Waals surface area contributed by atoms with Gasteiger partial charge in [0.25, 0.3) is 0 Å². The zero-order valence-corrected chi connectivity index (χ0v) is 18.4. The highest BCUT2D eigenvalue weighted by atomic mass is 19.4. The van der Waals surface area contributed by atoms with Crippen molar-refractivity contribution < 1.29 is 18.0 Å². The molecule has 0 atom stereocenters. The molecule has 1 aliphatic rings. The molecule has 0 saturated heterocycles. The highest BCUT2D eigenvalue weighted by Crippen LogP contribution is 2.35. The molecule has 1 aromatic heterocycles. The average molecular weight is 455 g/mol. The van der Waals surface area contributed by atoms with Crippen LogP contribution in [0.25, 0.3) is 11.4 Å². The Morgan fingerprint density at radius 3 is 2.48 bits per heavy atom. The molecular weight excluding hydrogens is 431 g/mol. The van der Waals surface area contributed by atoms with Crippen molar-refractivity contribution >= 4 is 17.5 Å². The van der Waals surface area contributed by atoms with E-state index in [4.69, 9.17) is 9.97 Å². The molecule has 6 nitrogen and oxygen atoms in total. The van der Waals surface area contributed by atoms with E-state index < -0.39 is 17.8 Å². The summed E-state index contributed by atoms with van der Waals surface area (Å²) in [5.41, 5.74) is 1.42. The second kappa shape index (κ2) is 9.09. The standard InChI is InChI=1S/C24H24F3N5O/c1-3-31(2)22-17-15-32(23(33)29-20-12-8-7-11-18(20)24(25,26)27)14-13-19(17)28-21(30-22)16-9-5-4-6-10-16/h4-12H,3,13-15H2,1-2H3,(H,29,33). The fourth-order valence-electron chi connectivity index (χ4n) is 3.79. The van der Waals surface area contributed by atoms with Gasteiger partial charge in [-0.15, -0.1) is 0 Å². The lowest BCUT2D eigenvalue weighted by molar-refractivity contribution is -0.136. The summed E-state index contributed by atoms with van der Waals surface area (Å²) in [7, 11) is 1.91. The molecule has 2 amide bonds. The molecule has 0 unspecified atom stereocenters. The number of hydrogen-bond donors (Lipinski definition) is 1. The van der Waals surface area contributed by atoms with Crippen molar-refractivity contribution in [3.8, 4) is 11.4 Å². The molecule has 2 aromatic carbocycles. The molecule has 172 valence electrons. The summed E-state index contributed by atoms with van der Waals surface area (Å²) in [4.78, 5) is 25.9. The van der Waals surface area contributed by atoms with E-state index in [0.717, 1.165) is 28.7 Å². The monoisotopic (exact) mass is 455 g/mol. The van der Waals surface area contributed by atoms with Crippen molar-refractivity contribution in [2.75, 3.05) is 30.4 Å². The molecule has 0 bridgehead atoms. The molecule has 0 aliphatic carbocycles. The first-order valence-corrected chi connectivity index (χ1v) is 10.7. The molecule has 0 fully saturated rings.